The molecule has 7 heteroatoms. The highest BCUT2D eigenvalue weighted by atomic mass is 16.4. The van der Waals surface area contributed by atoms with Crippen LogP contribution in [0, 0.1) is 6.92 Å². The number of aryl methyl sites for hydroxylation is 1. The molecule has 0 fully saturated rings. The summed E-state index contributed by atoms with van der Waals surface area (Å²) in [6, 6.07) is 21.4. The second-order valence-electron chi connectivity index (χ2n) is 7.93. The molecule has 0 saturated carbocycles. The van der Waals surface area contributed by atoms with Crippen molar-refractivity contribution in [1.29, 1.82) is 0 Å². The van der Waals surface area contributed by atoms with E-state index in [1.54, 1.807) is 36.4 Å². The Labute approximate surface area is 186 Å². The molecule has 0 aliphatic carbocycles. The van der Waals surface area contributed by atoms with E-state index in [-0.39, 0.29) is 6.03 Å². The summed E-state index contributed by atoms with van der Waals surface area (Å²) >= 11 is 0. The molecular weight excluding hydrogens is 406 g/mol. The number of carboxylic acids is 1. The minimum Gasteiger partial charge on any atom is -0.480 e. The molecule has 3 aromatic carbocycles. The van der Waals surface area contributed by atoms with Crippen LogP contribution in [-0.2, 0) is 4.79 Å². The number of carbonyl (C=O) groups is 3. The zero-order valence-corrected chi connectivity index (χ0v) is 18.1. The first-order chi connectivity index (χ1) is 15.2. The Morgan fingerprint density at radius 1 is 0.781 bits per heavy atom. The zero-order chi connectivity index (χ0) is 23.3. The smallest absolute Gasteiger partial charge is 0.328 e. The zero-order valence-electron chi connectivity index (χ0n) is 18.1. The molecule has 0 aliphatic rings. The first-order valence-electron chi connectivity index (χ1n) is 10.1. The molecule has 0 atom stereocenters. The summed E-state index contributed by atoms with van der Waals surface area (Å²) in [5.41, 5.74) is 3.17. The minimum absolute atomic E-state index is 0.327. The summed E-state index contributed by atoms with van der Waals surface area (Å²) < 4.78 is 0. The van der Waals surface area contributed by atoms with E-state index in [2.05, 4.69) is 16.0 Å². The maximum atomic E-state index is 12.3. The number of amides is 3. The Bertz CT molecular complexity index is 1140. The van der Waals surface area contributed by atoms with E-state index < -0.39 is 17.4 Å². The molecule has 7 nitrogen and oxygen atoms in total. The Hall–Kier alpha value is -4.13. The van der Waals surface area contributed by atoms with Gasteiger partial charge >= 0.3 is 12.0 Å². The van der Waals surface area contributed by atoms with Crippen molar-refractivity contribution < 1.29 is 19.5 Å². The van der Waals surface area contributed by atoms with Gasteiger partial charge in [0.05, 0.1) is 0 Å². The van der Waals surface area contributed by atoms with E-state index in [1.165, 1.54) is 13.8 Å². The Morgan fingerprint density at radius 3 is 1.91 bits per heavy atom. The third-order valence-corrected chi connectivity index (χ3v) is 4.98. The second kappa shape index (κ2) is 9.34. The number of hydrogen-bond donors (Lipinski definition) is 4. The molecule has 0 spiro atoms. The second-order valence-corrected chi connectivity index (χ2v) is 7.93. The fourth-order valence-electron chi connectivity index (χ4n) is 2.97. The van der Waals surface area contributed by atoms with Crippen molar-refractivity contribution in [3.63, 3.8) is 0 Å². The number of carboxylic acid groups (broad SMARTS) is 1. The van der Waals surface area contributed by atoms with Gasteiger partial charge in [-0.2, -0.15) is 0 Å². The van der Waals surface area contributed by atoms with Crippen LogP contribution in [0.1, 0.15) is 29.8 Å². The van der Waals surface area contributed by atoms with Crippen LogP contribution < -0.4 is 16.0 Å². The molecule has 4 N–H and O–H groups in total. The molecule has 0 bridgehead atoms. The highest BCUT2D eigenvalue weighted by Crippen LogP contribution is 2.22. The fourth-order valence-corrected chi connectivity index (χ4v) is 2.97. The molecule has 0 saturated heterocycles. The van der Waals surface area contributed by atoms with Crippen LogP contribution in [-0.4, -0.2) is 28.6 Å². The number of benzene rings is 3. The largest absolute Gasteiger partial charge is 0.480 e. The lowest BCUT2D eigenvalue weighted by atomic mass is 10.0. The van der Waals surface area contributed by atoms with Crippen molar-refractivity contribution in [3.8, 4) is 11.1 Å². The van der Waals surface area contributed by atoms with Crippen LogP contribution in [0.15, 0.2) is 72.8 Å². The summed E-state index contributed by atoms with van der Waals surface area (Å²) in [7, 11) is 0. The van der Waals surface area contributed by atoms with Crippen molar-refractivity contribution >= 4 is 29.3 Å². The molecule has 3 rings (SSSR count). The van der Waals surface area contributed by atoms with Crippen LogP contribution in [0.2, 0.25) is 0 Å². The van der Waals surface area contributed by atoms with Crippen LogP contribution in [0.3, 0.4) is 0 Å². The van der Waals surface area contributed by atoms with E-state index in [0.29, 0.717) is 11.3 Å². The number of aliphatic carboxylic acids is 1. The summed E-state index contributed by atoms with van der Waals surface area (Å²) in [6.07, 6.45) is 0. The highest BCUT2D eigenvalue weighted by Gasteiger charge is 2.29. The van der Waals surface area contributed by atoms with Crippen LogP contribution >= 0.6 is 0 Å². The maximum absolute atomic E-state index is 12.3. The molecule has 0 unspecified atom stereocenters. The fraction of sp³-hybridized carbons (Fsp3) is 0.160. The number of hydrogen-bond acceptors (Lipinski definition) is 3. The Morgan fingerprint density at radius 2 is 1.34 bits per heavy atom. The third kappa shape index (κ3) is 5.51. The molecule has 3 amide bonds. The first-order valence-corrected chi connectivity index (χ1v) is 10.1. The van der Waals surface area contributed by atoms with Crippen molar-refractivity contribution in [1.82, 2.24) is 5.32 Å². The number of urea groups is 1. The molecule has 0 radical (unpaired) electrons. The first kappa shape index (κ1) is 22.6. The van der Waals surface area contributed by atoms with E-state index >= 15 is 0 Å². The maximum Gasteiger partial charge on any atom is 0.328 e. The SMILES string of the molecule is Cc1ccccc1NC(=O)Nc1ccc(-c2ccc(C(=O)NC(C)(C)C(=O)O)cc2)cc1. The average Bonchev–Trinajstić information content (AvgIpc) is 2.75. The average molecular weight is 431 g/mol. The number of carbonyl (C=O) groups excluding carboxylic acids is 2. The molecule has 3 aromatic rings. The summed E-state index contributed by atoms with van der Waals surface area (Å²) in [5, 5.41) is 17.3. The standard InChI is InChI=1S/C25H25N3O4/c1-16-6-4-5-7-21(16)27-24(32)26-20-14-12-18(13-15-20)17-8-10-19(11-9-17)22(29)28-25(2,3)23(30)31/h4-15H,1-3H3,(H,28,29)(H,30,31)(H2,26,27,32). The van der Waals surface area contributed by atoms with Gasteiger partial charge < -0.3 is 21.1 Å². The van der Waals surface area contributed by atoms with Crippen molar-refractivity contribution in [2.45, 2.75) is 26.3 Å². The lowest BCUT2D eigenvalue weighted by Gasteiger charge is -2.21. The van der Waals surface area contributed by atoms with Gasteiger partial charge in [0.15, 0.2) is 0 Å². The molecule has 0 aromatic heterocycles. The van der Waals surface area contributed by atoms with Gasteiger partial charge in [-0.3, -0.25) is 4.79 Å². The Balaban J connectivity index is 1.63. The number of nitrogens with one attached hydrogen (secondary N) is 3. The van der Waals surface area contributed by atoms with Crippen LogP contribution in [0.25, 0.3) is 11.1 Å². The summed E-state index contributed by atoms with van der Waals surface area (Å²) in [5.74, 6) is -1.56. The van der Waals surface area contributed by atoms with Gasteiger partial charge in [-0.1, -0.05) is 42.5 Å². The van der Waals surface area contributed by atoms with E-state index in [1.807, 2.05) is 43.3 Å². The number of rotatable bonds is 6. The van der Waals surface area contributed by atoms with Crippen molar-refractivity contribution in [3.05, 3.63) is 83.9 Å². The molecule has 0 heterocycles. The molecule has 0 aliphatic heterocycles. The minimum atomic E-state index is -1.36. The molecular formula is C25H25N3O4. The monoisotopic (exact) mass is 431 g/mol. The van der Waals surface area contributed by atoms with Gasteiger partial charge in [0, 0.05) is 16.9 Å². The Kier molecular flexibility index (Phi) is 6.59. The molecule has 32 heavy (non-hydrogen) atoms. The van der Waals surface area contributed by atoms with Crippen molar-refractivity contribution in [2.75, 3.05) is 10.6 Å². The molecule has 164 valence electrons. The number of anilines is 2. The normalized spacial score (nSPS) is 10.8. The summed E-state index contributed by atoms with van der Waals surface area (Å²) in [6.45, 7) is 4.78. The predicted molar refractivity (Wildman–Crippen MR) is 125 cm³/mol. The van der Waals surface area contributed by atoms with Crippen LogP contribution in [0.4, 0.5) is 16.2 Å². The van der Waals surface area contributed by atoms with E-state index in [0.717, 1.165) is 22.4 Å². The van der Waals surface area contributed by atoms with Gasteiger partial charge in [0.25, 0.3) is 5.91 Å². The quantitative estimate of drug-likeness (QED) is 0.445. The summed E-state index contributed by atoms with van der Waals surface area (Å²) in [4.78, 5) is 35.7. The van der Waals surface area contributed by atoms with Crippen molar-refractivity contribution in [2.24, 2.45) is 0 Å². The van der Waals surface area contributed by atoms with Crippen LogP contribution in [0.5, 0.6) is 0 Å². The van der Waals surface area contributed by atoms with Gasteiger partial charge in [0.1, 0.15) is 5.54 Å². The van der Waals surface area contributed by atoms with Gasteiger partial charge in [-0.05, 0) is 67.8 Å². The lowest BCUT2D eigenvalue weighted by molar-refractivity contribution is -0.143. The number of para-hydroxylation sites is 1. The van der Waals surface area contributed by atoms with Gasteiger partial charge in [-0.25, -0.2) is 9.59 Å². The van der Waals surface area contributed by atoms with Gasteiger partial charge in [0.2, 0.25) is 0 Å². The lowest BCUT2D eigenvalue weighted by Crippen LogP contribution is -2.49. The van der Waals surface area contributed by atoms with E-state index in [9.17, 15) is 14.4 Å². The van der Waals surface area contributed by atoms with E-state index in [4.69, 9.17) is 5.11 Å². The topological polar surface area (TPSA) is 108 Å². The highest BCUT2D eigenvalue weighted by molar-refractivity contribution is 6.00. The third-order valence-electron chi connectivity index (χ3n) is 4.98. The predicted octanol–water partition coefficient (Wildman–Crippen LogP) is 4.90. The van der Waals surface area contributed by atoms with Gasteiger partial charge in [-0.15, -0.1) is 0 Å².